The third-order valence-electron chi connectivity index (χ3n) is 4.93. The second kappa shape index (κ2) is 7.35. The quantitative estimate of drug-likeness (QED) is 0.778. The van der Waals surface area contributed by atoms with Gasteiger partial charge in [0.05, 0.1) is 6.26 Å². The first-order valence-electron chi connectivity index (χ1n) is 9.05. The maximum atomic E-state index is 11.0. The topological polar surface area (TPSA) is 73.5 Å². The molecule has 0 aliphatic carbocycles. The third-order valence-corrected chi connectivity index (χ3v) is 4.93. The van der Waals surface area contributed by atoms with Crippen molar-refractivity contribution in [1.82, 2.24) is 5.06 Å². The summed E-state index contributed by atoms with van der Waals surface area (Å²) in [6.45, 7) is 4.03. The average Bonchev–Trinajstić information content (AvgIpc) is 3.33. The van der Waals surface area contributed by atoms with E-state index in [0.717, 1.165) is 5.56 Å². The maximum Gasteiger partial charge on any atom is 0.186 e. The summed E-state index contributed by atoms with van der Waals surface area (Å²) in [5, 5.41) is 12.2. The molecule has 1 N–H and O–H groups in total. The number of rotatable bonds is 6. The molecule has 2 fully saturated rings. The Labute approximate surface area is 158 Å². The van der Waals surface area contributed by atoms with Crippen LogP contribution in [0.4, 0.5) is 0 Å². The minimum atomic E-state index is -0.748. The van der Waals surface area contributed by atoms with Gasteiger partial charge in [-0.3, -0.25) is 0 Å². The van der Waals surface area contributed by atoms with Gasteiger partial charge in [-0.1, -0.05) is 30.3 Å². The number of furan rings is 1. The number of fused-ring (bicyclic) bond motifs is 1. The van der Waals surface area contributed by atoms with Crippen molar-refractivity contribution in [3.63, 3.8) is 0 Å². The van der Waals surface area contributed by atoms with Crippen molar-refractivity contribution in [1.29, 1.82) is 0 Å². The maximum absolute atomic E-state index is 11.0. The van der Waals surface area contributed by atoms with Crippen LogP contribution in [0, 0.1) is 0 Å². The second-order valence-electron chi connectivity index (χ2n) is 7.31. The summed E-state index contributed by atoms with van der Waals surface area (Å²) in [5.41, 5.74) is 0.971. The van der Waals surface area contributed by atoms with Gasteiger partial charge in [-0.2, -0.15) is 5.06 Å². The molecule has 7 nitrogen and oxygen atoms in total. The van der Waals surface area contributed by atoms with Crippen molar-refractivity contribution in [2.75, 3.05) is 7.11 Å². The van der Waals surface area contributed by atoms with E-state index in [1.807, 2.05) is 50.2 Å². The fraction of sp³-hybridized carbons (Fsp3) is 0.500. The van der Waals surface area contributed by atoms with Crippen molar-refractivity contribution in [3.8, 4) is 0 Å². The molecular formula is C20H25NO6. The van der Waals surface area contributed by atoms with Crippen LogP contribution < -0.4 is 0 Å². The third kappa shape index (κ3) is 3.67. The van der Waals surface area contributed by atoms with Gasteiger partial charge in [-0.15, -0.1) is 0 Å². The van der Waals surface area contributed by atoms with Gasteiger partial charge in [-0.25, -0.2) is 0 Å². The number of hydroxylamine groups is 2. The molecule has 2 saturated heterocycles. The van der Waals surface area contributed by atoms with Crippen LogP contribution in [0.25, 0.3) is 0 Å². The molecule has 2 aromatic rings. The smallest absolute Gasteiger partial charge is 0.186 e. The molecule has 2 aliphatic rings. The number of hydrogen-bond acceptors (Lipinski definition) is 7. The van der Waals surface area contributed by atoms with Crippen LogP contribution in [0.1, 0.15) is 31.2 Å². The van der Waals surface area contributed by atoms with Crippen LogP contribution in [-0.2, 0) is 25.5 Å². The Bertz CT molecular complexity index is 734. The Hall–Kier alpha value is -1.74. The van der Waals surface area contributed by atoms with Crippen molar-refractivity contribution in [3.05, 3.63) is 60.1 Å². The molecule has 5 atom stereocenters. The van der Waals surface area contributed by atoms with Crippen molar-refractivity contribution in [2.45, 2.75) is 56.8 Å². The minimum absolute atomic E-state index is 0.311. The molecule has 4 rings (SSSR count). The van der Waals surface area contributed by atoms with E-state index in [-0.39, 0.29) is 6.10 Å². The van der Waals surface area contributed by atoms with Gasteiger partial charge in [0.25, 0.3) is 0 Å². The Morgan fingerprint density at radius 2 is 1.85 bits per heavy atom. The summed E-state index contributed by atoms with van der Waals surface area (Å²) in [5.74, 6) is -0.163. The molecule has 0 saturated carbocycles. The normalized spacial score (nSPS) is 30.6. The van der Waals surface area contributed by atoms with E-state index in [1.165, 1.54) is 5.06 Å². The highest BCUT2D eigenvalue weighted by Gasteiger charge is 2.58. The first-order valence-corrected chi connectivity index (χ1v) is 9.05. The van der Waals surface area contributed by atoms with Crippen LogP contribution in [0.5, 0.6) is 0 Å². The van der Waals surface area contributed by atoms with Gasteiger partial charge in [0.15, 0.2) is 12.1 Å². The summed E-state index contributed by atoms with van der Waals surface area (Å²) in [6.07, 6.45) is -0.302. The highest BCUT2D eigenvalue weighted by atomic mass is 16.8. The summed E-state index contributed by atoms with van der Waals surface area (Å²) in [7, 11) is 1.57. The average molecular weight is 375 g/mol. The lowest BCUT2D eigenvalue weighted by Gasteiger charge is -2.32. The fourth-order valence-corrected chi connectivity index (χ4v) is 3.84. The standard InChI is InChI=1S/C20H25NO6/c1-20(2)26-17-16(25-19(23-3)18(17)27-20)15(14-10-7-11-24-14)21(22)12-13-8-5-4-6-9-13/h4-11,15-19,22H,12H2,1-3H3/t15-,16+,17+,18+,19+/m0/s1. The highest BCUT2D eigenvalue weighted by molar-refractivity contribution is 5.16. The van der Waals surface area contributed by atoms with Crippen LogP contribution >= 0.6 is 0 Å². The lowest BCUT2D eigenvalue weighted by atomic mass is 10.0. The van der Waals surface area contributed by atoms with E-state index >= 15 is 0 Å². The molecule has 146 valence electrons. The van der Waals surface area contributed by atoms with Crippen LogP contribution in [0.3, 0.4) is 0 Å². The second-order valence-corrected chi connectivity index (χ2v) is 7.31. The molecule has 0 amide bonds. The molecule has 1 aromatic carbocycles. The zero-order valence-corrected chi connectivity index (χ0v) is 15.6. The minimum Gasteiger partial charge on any atom is -0.467 e. The number of nitrogens with zero attached hydrogens (tertiary/aromatic N) is 1. The number of methoxy groups -OCH3 is 1. The van der Waals surface area contributed by atoms with Gasteiger partial charge < -0.3 is 28.6 Å². The molecule has 0 radical (unpaired) electrons. The van der Waals surface area contributed by atoms with E-state index in [2.05, 4.69) is 0 Å². The van der Waals surface area contributed by atoms with Crippen LogP contribution in [0.2, 0.25) is 0 Å². The summed E-state index contributed by atoms with van der Waals surface area (Å²) in [4.78, 5) is 0. The fourth-order valence-electron chi connectivity index (χ4n) is 3.84. The first-order chi connectivity index (χ1) is 13.0. The van der Waals surface area contributed by atoms with E-state index in [1.54, 1.807) is 19.4 Å². The zero-order chi connectivity index (χ0) is 19.0. The molecular weight excluding hydrogens is 350 g/mol. The Morgan fingerprint density at radius 3 is 2.52 bits per heavy atom. The molecule has 3 heterocycles. The van der Waals surface area contributed by atoms with Gasteiger partial charge in [0, 0.05) is 13.7 Å². The van der Waals surface area contributed by atoms with Crippen molar-refractivity contribution in [2.24, 2.45) is 0 Å². The predicted octanol–water partition coefficient (Wildman–Crippen LogP) is 3.10. The number of hydrogen-bond donors (Lipinski definition) is 1. The Balaban J connectivity index is 1.63. The lowest BCUT2D eigenvalue weighted by molar-refractivity contribution is -0.252. The Kier molecular flexibility index (Phi) is 5.07. The molecule has 0 spiro atoms. The molecule has 7 heteroatoms. The van der Waals surface area contributed by atoms with Gasteiger partial charge in [-0.05, 0) is 31.5 Å². The summed E-state index contributed by atoms with van der Waals surface area (Å²) in [6, 6.07) is 12.7. The lowest BCUT2D eigenvalue weighted by Crippen LogP contribution is -2.41. The number of ether oxygens (including phenoxy) is 4. The predicted molar refractivity (Wildman–Crippen MR) is 94.7 cm³/mol. The molecule has 0 unspecified atom stereocenters. The van der Waals surface area contributed by atoms with E-state index < -0.39 is 30.3 Å². The van der Waals surface area contributed by atoms with Crippen LogP contribution in [0.15, 0.2) is 53.1 Å². The van der Waals surface area contributed by atoms with E-state index in [4.69, 9.17) is 23.4 Å². The van der Waals surface area contributed by atoms with Crippen molar-refractivity contribution >= 4 is 0 Å². The van der Waals surface area contributed by atoms with E-state index in [9.17, 15) is 5.21 Å². The van der Waals surface area contributed by atoms with Gasteiger partial charge >= 0.3 is 0 Å². The van der Waals surface area contributed by atoms with Crippen LogP contribution in [-0.4, -0.2) is 47.8 Å². The van der Waals surface area contributed by atoms with Crippen molar-refractivity contribution < 1.29 is 28.6 Å². The van der Waals surface area contributed by atoms with Gasteiger partial charge in [0.2, 0.25) is 0 Å². The highest BCUT2D eigenvalue weighted by Crippen LogP contribution is 2.44. The Morgan fingerprint density at radius 1 is 1.11 bits per heavy atom. The summed E-state index contributed by atoms with van der Waals surface area (Å²) >= 11 is 0. The van der Waals surface area contributed by atoms with E-state index in [0.29, 0.717) is 12.3 Å². The molecule has 27 heavy (non-hydrogen) atoms. The molecule has 2 aliphatic heterocycles. The first kappa shape index (κ1) is 18.6. The summed E-state index contributed by atoms with van der Waals surface area (Å²) < 4.78 is 29.2. The van der Waals surface area contributed by atoms with Gasteiger partial charge in [0.1, 0.15) is 30.1 Å². The molecule has 0 bridgehead atoms. The SMILES string of the molecule is CO[C@@H]1O[C@H]([C@H](c2ccco2)N(O)Cc2ccccc2)[C@H]2OC(C)(C)O[C@@H]12. The zero-order valence-electron chi connectivity index (χ0n) is 15.6. The number of benzene rings is 1. The largest absolute Gasteiger partial charge is 0.467 e. The monoisotopic (exact) mass is 375 g/mol. The molecule has 1 aromatic heterocycles.